The number of halogens is 3. The molecule has 0 amide bonds. The zero-order valence-electron chi connectivity index (χ0n) is 8.83. The van der Waals surface area contributed by atoms with Gasteiger partial charge in [-0.05, 0) is 18.6 Å². The van der Waals surface area contributed by atoms with E-state index in [4.69, 9.17) is 34.8 Å². The lowest BCUT2D eigenvalue weighted by molar-refractivity contribution is 0.711. The van der Waals surface area contributed by atoms with Crippen molar-refractivity contribution in [1.29, 1.82) is 0 Å². The first-order valence-electron chi connectivity index (χ1n) is 5.14. The molecule has 0 aliphatic carbocycles. The molecule has 1 aliphatic rings. The van der Waals surface area contributed by atoms with E-state index in [0.717, 1.165) is 17.8 Å². The van der Waals surface area contributed by atoms with Gasteiger partial charge in [-0.2, -0.15) is 0 Å². The third-order valence-corrected chi connectivity index (χ3v) is 3.39. The maximum atomic E-state index is 5.99. The molecular formula is C12H12Cl3N. The second-order valence-corrected chi connectivity index (χ2v) is 6.06. The number of rotatable bonds is 1. The molecule has 1 aromatic carbocycles. The molecule has 86 valence electrons. The highest BCUT2D eigenvalue weighted by atomic mass is 35.6. The summed E-state index contributed by atoms with van der Waals surface area (Å²) in [5, 5.41) is 0. The van der Waals surface area contributed by atoms with Crippen molar-refractivity contribution in [2.24, 2.45) is 0 Å². The van der Waals surface area contributed by atoms with Gasteiger partial charge < -0.3 is 4.90 Å². The van der Waals surface area contributed by atoms with Crippen LogP contribution in [0.25, 0.3) is 6.08 Å². The molecule has 0 N–H and O–H groups in total. The van der Waals surface area contributed by atoms with Gasteiger partial charge >= 0.3 is 0 Å². The molecular weight excluding hydrogens is 264 g/mol. The van der Waals surface area contributed by atoms with Gasteiger partial charge in [0, 0.05) is 12.2 Å². The third kappa shape index (κ3) is 2.17. The van der Waals surface area contributed by atoms with Crippen molar-refractivity contribution in [1.82, 2.24) is 0 Å². The maximum Gasteiger partial charge on any atom is 0.214 e. The van der Waals surface area contributed by atoms with Crippen molar-refractivity contribution in [3.63, 3.8) is 0 Å². The minimum Gasteiger partial charge on any atom is -0.361 e. The van der Waals surface area contributed by atoms with Crippen LogP contribution in [0.2, 0.25) is 0 Å². The molecule has 4 heteroatoms. The molecule has 0 aromatic heterocycles. The van der Waals surface area contributed by atoms with Crippen LogP contribution in [-0.4, -0.2) is 16.4 Å². The molecule has 0 radical (unpaired) electrons. The van der Waals surface area contributed by atoms with Crippen molar-refractivity contribution >= 4 is 46.6 Å². The van der Waals surface area contributed by atoms with Crippen LogP contribution in [0.3, 0.4) is 0 Å². The Kier molecular flexibility index (Phi) is 3.39. The van der Waals surface area contributed by atoms with Gasteiger partial charge in [-0.1, -0.05) is 65.2 Å². The number of alkyl halides is 3. The largest absolute Gasteiger partial charge is 0.361 e. The highest BCUT2D eigenvalue weighted by Crippen LogP contribution is 2.40. The Labute approximate surface area is 111 Å². The fourth-order valence-corrected chi connectivity index (χ4v) is 2.56. The van der Waals surface area contributed by atoms with Crippen molar-refractivity contribution in [2.45, 2.75) is 16.8 Å². The molecule has 0 spiro atoms. The highest BCUT2D eigenvalue weighted by Gasteiger charge is 2.37. The molecule has 0 saturated carbocycles. The lowest BCUT2D eigenvalue weighted by atomic mass is 10.0. The van der Waals surface area contributed by atoms with E-state index in [2.05, 4.69) is 17.9 Å². The van der Waals surface area contributed by atoms with Crippen LogP contribution in [0, 0.1) is 0 Å². The van der Waals surface area contributed by atoms with Crippen molar-refractivity contribution in [3.05, 3.63) is 35.9 Å². The van der Waals surface area contributed by atoms with E-state index < -0.39 is 3.79 Å². The van der Waals surface area contributed by atoms with Crippen LogP contribution < -0.4 is 4.90 Å². The van der Waals surface area contributed by atoms with Crippen LogP contribution >= 0.6 is 34.8 Å². The Morgan fingerprint density at radius 3 is 2.56 bits per heavy atom. The first kappa shape index (κ1) is 12.1. The molecule has 0 fully saturated rings. The first-order chi connectivity index (χ1) is 7.54. The Morgan fingerprint density at radius 2 is 1.94 bits per heavy atom. The second-order valence-electron chi connectivity index (χ2n) is 3.69. The van der Waals surface area contributed by atoms with E-state index in [0.29, 0.717) is 0 Å². The standard InChI is InChI=1S/C12H12Cl3N/c1-2-16-10-6-4-3-5-9(10)7-8-11(16)12(13,14)15/h3-8,11H,2H2,1H3. The number of fused-ring (bicyclic) bond motifs is 1. The molecule has 0 saturated heterocycles. The Morgan fingerprint density at radius 1 is 1.25 bits per heavy atom. The number of hydrogen-bond donors (Lipinski definition) is 0. The smallest absolute Gasteiger partial charge is 0.214 e. The maximum absolute atomic E-state index is 5.99. The van der Waals surface area contributed by atoms with E-state index in [9.17, 15) is 0 Å². The van der Waals surface area contributed by atoms with Crippen LogP contribution in [0.15, 0.2) is 30.3 Å². The first-order valence-corrected chi connectivity index (χ1v) is 6.28. The Balaban J connectivity index is 2.44. The molecule has 1 aliphatic heterocycles. The van der Waals surface area contributed by atoms with Gasteiger partial charge in [0.15, 0.2) is 0 Å². The minimum atomic E-state index is -1.31. The van der Waals surface area contributed by atoms with Crippen LogP contribution in [0.1, 0.15) is 12.5 Å². The van der Waals surface area contributed by atoms with Crippen molar-refractivity contribution in [3.8, 4) is 0 Å². The number of likely N-dealkylation sites (N-methyl/N-ethyl adjacent to an activating group) is 1. The highest BCUT2D eigenvalue weighted by molar-refractivity contribution is 6.68. The predicted molar refractivity (Wildman–Crippen MR) is 72.6 cm³/mol. The summed E-state index contributed by atoms with van der Waals surface area (Å²) in [6.07, 6.45) is 3.95. The molecule has 1 heterocycles. The molecule has 0 bridgehead atoms. The van der Waals surface area contributed by atoms with Gasteiger partial charge in [-0.25, -0.2) is 0 Å². The van der Waals surface area contributed by atoms with Crippen molar-refractivity contribution < 1.29 is 0 Å². The Hall–Kier alpha value is -0.370. The summed E-state index contributed by atoms with van der Waals surface area (Å²) < 4.78 is -1.31. The van der Waals surface area contributed by atoms with E-state index >= 15 is 0 Å². The summed E-state index contributed by atoms with van der Waals surface area (Å²) in [6, 6.07) is 7.90. The predicted octanol–water partition coefficient (Wildman–Crippen LogP) is 4.28. The van der Waals surface area contributed by atoms with Crippen LogP contribution in [0.4, 0.5) is 5.69 Å². The zero-order valence-corrected chi connectivity index (χ0v) is 11.1. The van der Waals surface area contributed by atoms with Gasteiger partial charge in [0.2, 0.25) is 3.79 Å². The normalized spacial score (nSPS) is 19.8. The van der Waals surface area contributed by atoms with Gasteiger partial charge in [0.1, 0.15) is 0 Å². The number of anilines is 1. The summed E-state index contributed by atoms with van der Waals surface area (Å²) >= 11 is 18.0. The zero-order chi connectivity index (χ0) is 11.8. The molecule has 2 rings (SSSR count). The Bertz CT molecular complexity index is 409. The SMILES string of the molecule is CCN1c2ccccc2C=CC1C(Cl)(Cl)Cl. The molecule has 1 aromatic rings. The molecule has 1 nitrogen and oxygen atoms in total. The summed E-state index contributed by atoms with van der Waals surface area (Å²) in [4.78, 5) is 2.10. The molecule has 1 atom stereocenters. The van der Waals surface area contributed by atoms with Gasteiger partial charge in [0.05, 0.1) is 6.04 Å². The van der Waals surface area contributed by atoms with Gasteiger partial charge in [0.25, 0.3) is 0 Å². The average molecular weight is 277 g/mol. The summed E-state index contributed by atoms with van der Waals surface area (Å²) in [7, 11) is 0. The second kappa shape index (κ2) is 4.48. The van der Waals surface area contributed by atoms with Gasteiger partial charge in [-0.15, -0.1) is 0 Å². The van der Waals surface area contributed by atoms with E-state index in [1.54, 1.807) is 0 Å². The van der Waals surface area contributed by atoms with E-state index in [1.807, 2.05) is 30.4 Å². The van der Waals surface area contributed by atoms with Crippen LogP contribution in [-0.2, 0) is 0 Å². The summed E-state index contributed by atoms with van der Waals surface area (Å²) in [6.45, 7) is 2.86. The number of hydrogen-bond acceptors (Lipinski definition) is 1. The monoisotopic (exact) mass is 275 g/mol. The van der Waals surface area contributed by atoms with E-state index in [1.165, 1.54) is 0 Å². The molecule has 1 unspecified atom stereocenters. The van der Waals surface area contributed by atoms with E-state index in [-0.39, 0.29) is 6.04 Å². The van der Waals surface area contributed by atoms with Crippen LogP contribution in [0.5, 0.6) is 0 Å². The fourth-order valence-electron chi connectivity index (χ4n) is 1.99. The number of para-hydroxylation sites is 1. The number of benzene rings is 1. The number of nitrogens with zero attached hydrogens (tertiary/aromatic N) is 1. The third-order valence-electron chi connectivity index (χ3n) is 2.72. The molecule has 16 heavy (non-hydrogen) atoms. The lowest BCUT2D eigenvalue weighted by Gasteiger charge is -2.38. The minimum absolute atomic E-state index is 0.211. The summed E-state index contributed by atoms with van der Waals surface area (Å²) in [5.41, 5.74) is 2.28. The lowest BCUT2D eigenvalue weighted by Crippen LogP contribution is -2.44. The quantitative estimate of drug-likeness (QED) is 0.692. The summed E-state index contributed by atoms with van der Waals surface area (Å²) in [5.74, 6) is 0. The topological polar surface area (TPSA) is 3.24 Å². The fraction of sp³-hybridized carbons (Fsp3) is 0.333. The average Bonchev–Trinajstić information content (AvgIpc) is 2.26. The van der Waals surface area contributed by atoms with Crippen molar-refractivity contribution in [2.75, 3.05) is 11.4 Å². The van der Waals surface area contributed by atoms with Gasteiger partial charge in [-0.3, -0.25) is 0 Å².